The average Bonchev–Trinajstić information content (AvgIpc) is 2.28. The number of aliphatic hydroxyl groups is 1. The Morgan fingerprint density at radius 1 is 1.41 bits per heavy atom. The van der Waals surface area contributed by atoms with Crippen molar-refractivity contribution in [2.24, 2.45) is 0 Å². The molecule has 0 aliphatic heterocycles. The number of benzene rings is 1. The summed E-state index contributed by atoms with van der Waals surface area (Å²) in [6, 6.07) is 6.62. The zero-order valence-electron chi connectivity index (χ0n) is 9.90. The topological polar surface area (TPSA) is 61.4 Å². The molecule has 94 valence electrons. The minimum Gasteiger partial charge on any atom is -0.394 e. The predicted octanol–water partition coefficient (Wildman–Crippen LogP) is 2.08. The first-order valence-electron chi connectivity index (χ1n) is 5.46. The summed E-state index contributed by atoms with van der Waals surface area (Å²) in [7, 11) is 0. The molecule has 2 amide bonds. The van der Waals surface area contributed by atoms with E-state index in [1.807, 2.05) is 25.1 Å². The van der Waals surface area contributed by atoms with Crippen LogP contribution in [0.3, 0.4) is 0 Å². The molecule has 0 saturated carbocycles. The maximum atomic E-state index is 11.5. The second-order valence-corrected chi connectivity index (χ2v) is 4.41. The number of rotatable bonds is 4. The van der Waals surface area contributed by atoms with Crippen molar-refractivity contribution in [3.05, 3.63) is 34.9 Å². The van der Waals surface area contributed by atoms with E-state index in [0.29, 0.717) is 5.02 Å². The van der Waals surface area contributed by atoms with Crippen molar-refractivity contribution >= 4 is 17.6 Å². The van der Waals surface area contributed by atoms with Gasteiger partial charge in [-0.3, -0.25) is 0 Å². The van der Waals surface area contributed by atoms with Crippen LogP contribution in [-0.2, 0) is 0 Å². The summed E-state index contributed by atoms with van der Waals surface area (Å²) in [4.78, 5) is 11.5. The number of hydrogen-bond acceptors (Lipinski definition) is 2. The number of hydrogen-bond donors (Lipinski definition) is 3. The number of carbonyl (C=O) groups excluding carboxylic acids is 1. The third-order valence-corrected chi connectivity index (χ3v) is 2.58. The Morgan fingerprint density at radius 3 is 2.71 bits per heavy atom. The first-order chi connectivity index (χ1) is 8.02. The molecule has 0 spiro atoms. The van der Waals surface area contributed by atoms with Gasteiger partial charge in [-0.05, 0) is 31.5 Å². The van der Waals surface area contributed by atoms with Gasteiger partial charge in [0.1, 0.15) is 0 Å². The molecule has 0 aliphatic rings. The van der Waals surface area contributed by atoms with Gasteiger partial charge in [0.05, 0.1) is 18.7 Å². The van der Waals surface area contributed by atoms with E-state index < -0.39 is 0 Å². The minimum atomic E-state index is -0.306. The smallest absolute Gasteiger partial charge is 0.315 e. The van der Waals surface area contributed by atoms with E-state index in [0.717, 1.165) is 5.56 Å². The Morgan fingerprint density at radius 2 is 2.12 bits per heavy atom. The van der Waals surface area contributed by atoms with Crippen molar-refractivity contribution in [2.75, 3.05) is 6.61 Å². The molecule has 0 aromatic heterocycles. The summed E-state index contributed by atoms with van der Waals surface area (Å²) in [5.41, 5.74) is 0.935. The Bertz CT molecular complexity index is 385. The van der Waals surface area contributed by atoms with Crippen molar-refractivity contribution in [3.63, 3.8) is 0 Å². The van der Waals surface area contributed by atoms with Gasteiger partial charge in [-0.1, -0.05) is 23.7 Å². The van der Waals surface area contributed by atoms with Crippen LogP contribution in [0.2, 0.25) is 5.02 Å². The predicted molar refractivity (Wildman–Crippen MR) is 68.1 cm³/mol. The summed E-state index contributed by atoms with van der Waals surface area (Å²) in [5, 5.41) is 14.8. The largest absolute Gasteiger partial charge is 0.394 e. The fraction of sp³-hybridized carbons (Fsp3) is 0.417. The van der Waals surface area contributed by atoms with Crippen LogP contribution < -0.4 is 10.6 Å². The van der Waals surface area contributed by atoms with Crippen LogP contribution in [0.4, 0.5) is 4.79 Å². The fourth-order valence-corrected chi connectivity index (χ4v) is 1.57. The lowest BCUT2D eigenvalue weighted by Gasteiger charge is -2.17. The molecular weight excluding hydrogens is 240 g/mol. The fourth-order valence-electron chi connectivity index (χ4n) is 1.37. The van der Waals surface area contributed by atoms with Crippen LogP contribution >= 0.6 is 11.6 Å². The molecule has 0 saturated heterocycles. The third-order valence-electron chi connectivity index (χ3n) is 2.35. The van der Waals surface area contributed by atoms with E-state index in [1.54, 1.807) is 13.0 Å². The number of nitrogens with one attached hydrogen (secondary N) is 2. The minimum absolute atomic E-state index is 0.0844. The maximum absolute atomic E-state index is 11.5. The Hall–Kier alpha value is -1.26. The molecule has 0 radical (unpaired) electrons. The molecule has 0 bridgehead atoms. The summed E-state index contributed by atoms with van der Waals surface area (Å²) >= 11 is 5.87. The van der Waals surface area contributed by atoms with Gasteiger partial charge in [-0.25, -0.2) is 4.79 Å². The van der Waals surface area contributed by atoms with E-state index in [1.165, 1.54) is 0 Å². The van der Waals surface area contributed by atoms with Crippen LogP contribution in [0.15, 0.2) is 24.3 Å². The first kappa shape index (κ1) is 13.8. The summed E-state index contributed by atoms with van der Waals surface area (Å²) in [6.07, 6.45) is 0. The van der Waals surface area contributed by atoms with E-state index in [-0.39, 0.29) is 24.7 Å². The van der Waals surface area contributed by atoms with Crippen LogP contribution in [0.1, 0.15) is 25.5 Å². The highest BCUT2D eigenvalue weighted by atomic mass is 35.5. The normalized spacial score (nSPS) is 13.9. The summed E-state index contributed by atoms with van der Waals surface area (Å²) in [6.45, 7) is 3.51. The standard InChI is InChI=1S/C12H17ClN2O2/c1-8(7-16)14-12(17)15-9(2)10-4-3-5-11(13)6-10/h3-6,8-9,16H,7H2,1-2H3,(H2,14,15,17)/t8-,9?/m0/s1. The zero-order chi connectivity index (χ0) is 12.8. The van der Waals surface area contributed by atoms with Crippen molar-refractivity contribution in [3.8, 4) is 0 Å². The van der Waals surface area contributed by atoms with E-state index in [4.69, 9.17) is 16.7 Å². The van der Waals surface area contributed by atoms with Crippen LogP contribution in [0.5, 0.6) is 0 Å². The van der Waals surface area contributed by atoms with Gasteiger partial charge in [0.15, 0.2) is 0 Å². The molecule has 2 atom stereocenters. The summed E-state index contributed by atoms with van der Waals surface area (Å²) < 4.78 is 0. The highest BCUT2D eigenvalue weighted by molar-refractivity contribution is 6.30. The Kier molecular flexibility index (Phi) is 5.25. The molecular formula is C12H17ClN2O2. The van der Waals surface area contributed by atoms with Gasteiger partial charge in [0.25, 0.3) is 0 Å². The van der Waals surface area contributed by atoms with Crippen LogP contribution in [-0.4, -0.2) is 23.8 Å². The van der Waals surface area contributed by atoms with Gasteiger partial charge < -0.3 is 15.7 Å². The SMILES string of the molecule is CC(NC(=O)N[C@@H](C)CO)c1cccc(Cl)c1. The molecule has 5 heteroatoms. The monoisotopic (exact) mass is 256 g/mol. The highest BCUT2D eigenvalue weighted by Gasteiger charge is 2.11. The van der Waals surface area contributed by atoms with Crippen molar-refractivity contribution < 1.29 is 9.90 Å². The maximum Gasteiger partial charge on any atom is 0.315 e. The molecule has 1 rings (SSSR count). The lowest BCUT2D eigenvalue weighted by molar-refractivity contribution is 0.218. The lowest BCUT2D eigenvalue weighted by atomic mass is 10.1. The van der Waals surface area contributed by atoms with Crippen molar-refractivity contribution in [1.29, 1.82) is 0 Å². The van der Waals surface area contributed by atoms with Gasteiger partial charge in [-0.2, -0.15) is 0 Å². The Balaban J connectivity index is 2.54. The summed E-state index contributed by atoms with van der Waals surface area (Å²) in [5.74, 6) is 0. The van der Waals surface area contributed by atoms with E-state index in [2.05, 4.69) is 10.6 Å². The molecule has 1 unspecified atom stereocenters. The quantitative estimate of drug-likeness (QED) is 0.772. The number of urea groups is 1. The number of carbonyl (C=O) groups is 1. The molecule has 4 nitrogen and oxygen atoms in total. The number of halogens is 1. The Labute approximate surface area is 106 Å². The second kappa shape index (κ2) is 6.47. The van der Waals surface area contributed by atoms with Crippen LogP contribution in [0.25, 0.3) is 0 Å². The molecule has 1 aromatic rings. The molecule has 3 N–H and O–H groups in total. The number of amides is 2. The molecule has 17 heavy (non-hydrogen) atoms. The highest BCUT2D eigenvalue weighted by Crippen LogP contribution is 2.16. The van der Waals surface area contributed by atoms with E-state index >= 15 is 0 Å². The number of aliphatic hydroxyl groups excluding tert-OH is 1. The van der Waals surface area contributed by atoms with Crippen LogP contribution in [0, 0.1) is 0 Å². The van der Waals surface area contributed by atoms with Crippen molar-refractivity contribution in [1.82, 2.24) is 10.6 Å². The van der Waals surface area contributed by atoms with Gasteiger partial charge in [0, 0.05) is 5.02 Å². The molecule has 0 heterocycles. The van der Waals surface area contributed by atoms with Gasteiger partial charge in [0.2, 0.25) is 0 Å². The van der Waals surface area contributed by atoms with Crippen molar-refractivity contribution in [2.45, 2.75) is 25.9 Å². The third kappa shape index (κ3) is 4.63. The van der Waals surface area contributed by atoms with Gasteiger partial charge >= 0.3 is 6.03 Å². The second-order valence-electron chi connectivity index (χ2n) is 3.98. The lowest BCUT2D eigenvalue weighted by Crippen LogP contribution is -2.43. The zero-order valence-corrected chi connectivity index (χ0v) is 10.7. The first-order valence-corrected chi connectivity index (χ1v) is 5.84. The molecule has 0 fully saturated rings. The average molecular weight is 257 g/mol. The molecule has 1 aromatic carbocycles. The van der Waals surface area contributed by atoms with Gasteiger partial charge in [-0.15, -0.1) is 0 Å². The molecule has 0 aliphatic carbocycles. The van der Waals surface area contributed by atoms with E-state index in [9.17, 15) is 4.79 Å².